The van der Waals surface area contributed by atoms with E-state index in [0.717, 1.165) is 5.69 Å². The number of hydrogen-bond acceptors (Lipinski definition) is 3. The summed E-state index contributed by atoms with van der Waals surface area (Å²) >= 11 is 0. The first-order valence-electron chi connectivity index (χ1n) is 8.24. The van der Waals surface area contributed by atoms with E-state index in [0.29, 0.717) is 31.6 Å². The third-order valence-electron chi connectivity index (χ3n) is 4.39. The molecule has 1 aromatic carbocycles. The van der Waals surface area contributed by atoms with E-state index in [9.17, 15) is 14.4 Å². The van der Waals surface area contributed by atoms with E-state index in [1.807, 2.05) is 0 Å². The second-order valence-corrected chi connectivity index (χ2v) is 5.95. The van der Waals surface area contributed by atoms with Crippen molar-refractivity contribution in [3.05, 3.63) is 36.9 Å². The third kappa shape index (κ3) is 4.59. The van der Waals surface area contributed by atoms with Crippen molar-refractivity contribution in [3.8, 4) is 0 Å². The van der Waals surface area contributed by atoms with E-state index in [-0.39, 0.29) is 23.8 Å². The van der Waals surface area contributed by atoms with Gasteiger partial charge in [0.2, 0.25) is 11.8 Å². The summed E-state index contributed by atoms with van der Waals surface area (Å²) in [6.45, 7) is 4.62. The van der Waals surface area contributed by atoms with Gasteiger partial charge in [-0.1, -0.05) is 6.58 Å². The summed E-state index contributed by atoms with van der Waals surface area (Å²) in [6, 6.07) is 6.87. The van der Waals surface area contributed by atoms with Crippen LogP contribution in [0.3, 0.4) is 0 Å². The lowest BCUT2D eigenvalue weighted by atomic mass is 9.95. The number of nitrogens with zero attached hydrogens (tertiary/aromatic N) is 2. The van der Waals surface area contributed by atoms with E-state index in [4.69, 9.17) is 0 Å². The van der Waals surface area contributed by atoms with Crippen molar-refractivity contribution < 1.29 is 14.4 Å². The fraction of sp³-hybridized carbons (Fsp3) is 0.389. The Morgan fingerprint density at radius 3 is 2.32 bits per heavy atom. The Morgan fingerprint density at radius 2 is 1.80 bits per heavy atom. The molecule has 0 unspecified atom stereocenters. The van der Waals surface area contributed by atoms with Gasteiger partial charge in [0.1, 0.15) is 0 Å². The average Bonchev–Trinajstić information content (AvgIpc) is 2.66. The summed E-state index contributed by atoms with van der Waals surface area (Å²) in [4.78, 5) is 38.7. The van der Waals surface area contributed by atoms with Gasteiger partial charge in [-0.2, -0.15) is 0 Å². The van der Waals surface area contributed by atoms with E-state index in [1.165, 1.54) is 11.0 Å². The van der Waals surface area contributed by atoms with Gasteiger partial charge in [-0.05, 0) is 43.2 Å². The number of nitrogens with one attached hydrogen (secondary N) is 2. The lowest BCUT2D eigenvalue weighted by Crippen LogP contribution is -2.40. The molecule has 0 atom stereocenters. The first-order valence-corrected chi connectivity index (χ1v) is 8.24. The molecule has 7 heteroatoms. The molecule has 7 nitrogen and oxygen atoms in total. The van der Waals surface area contributed by atoms with Crippen LogP contribution in [0.4, 0.5) is 16.2 Å². The lowest BCUT2D eigenvalue weighted by molar-refractivity contribution is -0.130. The summed E-state index contributed by atoms with van der Waals surface area (Å²) in [7, 11) is 3.24. The number of carbonyl (C=O) groups is 3. The molecule has 0 bridgehead atoms. The van der Waals surface area contributed by atoms with Crippen molar-refractivity contribution in [1.29, 1.82) is 0 Å². The molecule has 0 radical (unpaired) electrons. The zero-order valence-corrected chi connectivity index (χ0v) is 14.6. The highest BCUT2D eigenvalue weighted by atomic mass is 16.2. The van der Waals surface area contributed by atoms with Crippen molar-refractivity contribution >= 4 is 29.2 Å². The summed E-state index contributed by atoms with van der Waals surface area (Å²) in [5, 5.41) is 5.45. The predicted octanol–water partition coefficient (Wildman–Crippen LogP) is 1.83. The first-order chi connectivity index (χ1) is 12.0. The first kappa shape index (κ1) is 18.5. The number of carbonyl (C=O) groups excluding carboxylic acids is 3. The number of benzene rings is 1. The molecule has 1 aliphatic heterocycles. The summed E-state index contributed by atoms with van der Waals surface area (Å²) in [5.41, 5.74) is 1.41. The van der Waals surface area contributed by atoms with Crippen molar-refractivity contribution in [3.63, 3.8) is 0 Å². The predicted molar refractivity (Wildman–Crippen MR) is 97.4 cm³/mol. The maximum atomic E-state index is 12.4. The van der Waals surface area contributed by atoms with Gasteiger partial charge in [-0.25, -0.2) is 4.79 Å². The number of piperidine rings is 1. The van der Waals surface area contributed by atoms with Crippen molar-refractivity contribution in [2.24, 2.45) is 5.92 Å². The molecule has 2 N–H and O–H groups in total. The largest absolute Gasteiger partial charge is 0.341 e. The molecule has 4 amide bonds. The minimum absolute atomic E-state index is 0.0434. The monoisotopic (exact) mass is 344 g/mol. The highest BCUT2D eigenvalue weighted by Crippen LogP contribution is 2.21. The zero-order chi connectivity index (χ0) is 18.4. The van der Waals surface area contributed by atoms with Crippen LogP contribution in [0.5, 0.6) is 0 Å². The Balaban J connectivity index is 1.90. The SMILES string of the molecule is C=CC(=O)N1CCC(C(=O)Nc2ccc(N(C)C(=O)NC)cc2)CC1. The fourth-order valence-corrected chi connectivity index (χ4v) is 2.79. The van der Waals surface area contributed by atoms with Crippen LogP contribution in [0.15, 0.2) is 36.9 Å². The van der Waals surface area contributed by atoms with Gasteiger partial charge in [-0.3, -0.25) is 14.5 Å². The molecule has 0 saturated carbocycles. The van der Waals surface area contributed by atoms with E-state index < -0.39 is 0 Å². The maximum absolute atomic E-state index is 12.4. The molecule has 1 saturated heterocycles. The van der Waals surface area contributed by atoms with Gasteiger partial charge in [0.25, 0.3) is 0 Å². The van der Waals surface area contributed by atoms with Crippen LogP contribution in [0.25, 0.3) is 0 Å². The van der Waals surface area contributed by atoms with Gasteiger partial charge in [0.05, 0.1) is 0 Å². The minimum Gasteiger partial charge on any atom is -0.341 e. The maximum Gasteiger partial charge on any atom is 0.321 e. The molecule has 0 aromatic heterocycles. The highest BCUT2D eigenvalue weighted by Gasteiger charge is 2.26. The molecule has 1 fully saturated rings. The molecule has 1 aliphatic rings. The van der Waals surface area contributed by atoms with Crippen molar-refractivity contribution in [1.82, 2.24) is 10.2 Å². The number of rotatable bonds is 4. The second kappa shape index (κ2) is 8.32. The number of amides is 4. The Kier molecular flexibility index (Phi) is 6.16. The van der Waals surface area contributed by atoms with E-state index in [1.54, 1.807) is 43.3 Å². The molecule has 0 spiro atoms. The topological polar surface area (TPSA) is 81.8 Å². The van der Waals surface area contributed by atoms with Gasteiger partial charge in [0.15, 0.2) is 0 Å². The Hall–Kier alpha value is -2.83. The summed E-state index contributed by atoms with van der Waals surface area (Å²) < 4.78 is 0. The number of anilines is 2. The van der Waals surface area contributed by atoms with Gasteiger partial charge >= 0.3 is 6.03 Å². The van der Waals surface area contributed by atoms with E-state index >= 15 is 0 Å². The number of likely N-dealkylation sites (tertiary alicyclic amines) is 1. The Bertz CT molecular complexity index is 649. The van der Waals surface area contributed by atoms with Crippen LogP contribution < -0.4 is 15.5 Å². The lowest BCUT2D eigenvalue weighted by Gasteiger charge is -2.30. The summed E-state index contributed by atoms with van der Waals surface area (Å²) in [6.07, 6.45) is 2.59. The van der Waals surface area contributed by atoms with Crippen LogP contribution in [0.2, 0.25) is 0 Å². The smallest absolute Gasteiger partial charge is 0.321 e. The quantitative estimate of drug-likeness (QED) is 0.818. The van der Waals surface area contributed by atoms with Gasteiger partial charge < -0.3 is 15.5 Å². The highest BCUT2D eigenvalue weighted by molar-refractivity contribution is 5.94. The Labute approximate surface area is 147 Å². The minimum atomic E-state index is -0.211. The van der Waals surface area contributed by atoms with Crippen LogP contribution in [-0.4, -0.2) is 49.9 Å². The third-order valence-corrected chi connectivity index (χ3v) is 4.39. The fourth-order valence-electron chi connectivity index (χ4n) is 2.79. The van der Waals surface area contributed by atoms with Crippen LogP contribution in [-0.2, 0) is 9.59 Å². The molecule has 2 rings (SSSR count). The van der Waals surface area contributed by atoms with Crippen molar-refractivity contribution in [2.45, 2.75) is 12.8 Å². The molecular formula is C18H24N4O3. The summed E-state index contributed by atoms with van der Waals surface area (Å²) in [5.74, 6) is -0.241. The molecule has 25 heavy (non-hydrogen) atoms. The standard InChI is InChI=1S/C18H24N4O3/c1-4-16(23)22-11-9-13(10-12-22)17(24)20-14-5-7-15(8-6-14)21(3)18(25)19-2/h4-8,13H,1,9-12H2,2-3H3,(H,19,25)(H,20,24). The molecular weight excluding hydrogens is 320 g/mol. The van der Waals surface area contributed by atoms with E-state index in [2.05, 4.69) is 17.2 Å². The molecule has 1 aromatic rings. The second-order valence-electron chi connectivity index (χ2n) is 5.95. The van der Waals surface area contributed by atoms with Crippen LogP contribution in [0.1, 0.15) is 12.8 Å². The molecule has 1 heterocycles. The molecule has 134 valence electrons. The number of hydrogen-bond donors (Lipinski definition) is 2. The van der Waals surface area contributed by atoms with Gasteiger partial charge in [-0.15, -0.1) is 0 Å². The Morgan fingerprint density at radius 1 is 1.20 bits per heavy atom. The average molecular weight is 344 g/mol. The zero-order valence-electron chi connectivity index (χ0n) is 14.6. The van der Waals surface area contributed by atoms with Crippen molar-refractivity contribution in [2.75, 3.05) is 37.4 Å². The normalized spacial score (nSPS) is 14.6. The van der Waals surface area contributed by atoms with Crippen LogP contribution in [0, 0.1) is 5.92 Å². The van der Waals surface area contributed by atoms with Crippen LogP contribution >= 0.6 is 0 Å². The molecule has 0 aliphatic carbocycles. The van der Waals surface area contributed by atoms with Gasteiger partial charge in [0, 0.05) is 44.5 Å². The number of urea groups is 1.